The Morgan fingerprint density at radius 1 is 1.14 bits per heavy atom. The summed E-state index contributed by atoms with van der Waals surface area (Å²) in [4.78, 5) is 37.9. The van der Waals surface area contributed by atoms with Gasteiger partial charge in [0, 0.05) is 23.3 Å². The molecule has 0 bridgehead atoms. The number of ether oxygens (including phenoxy) is 1. The molecule has 0 spiro atoms. The summed E-state index contributed by atoms with van der Waals surface area (Å²) in [6.45, 7) is -0.577. The summed E-state index contributed by atoms with van der Waals surface area (Å²) < 4.78 is 10.5. The van der Waals surface area contributed by atoms with E-state index in [4.69, 9.17) is 9.15 Å². The van der Waals surface area contributed by atoms with Gasteiger partial charge < -0.3 is 14.5 Å². The van der Waals surface area contributed by atoms with Crippen molar-refractivity contribution < 1.29 is 23.7 Å². The van der Waals surface area contributed by atoms with Gasteiger partial charge in [0.1, 0.15) is 6.54 Å². The smallest absolute Gasteiger partial charge is 0.325 e. The number of esters is 1. The first-order valence-corrected chi connectivity index (χ1v) is 8.21. The molecule has 0 saturated heterocycles. The van der Waals surface area contributed by atoms with E-state index in [9.17, 15) is 19.7 Å². The first-order chi connectivity index (χ1) is 13.5. The quantitative estimate of drug-likeness (QED) is 0.379. The van der Waals surface area contributed by atoms with Crippen molar-refractivity contribution >= 4 is 17.6 Å². The van der Waals surface area contributed by atoms with Gasteiger partial charge in [-0.1, -0.05) is 36.4 Å². The summed E-state index contributed by atoms with van der Waals surface area (Å²) in [5.41, 5.74) is 0.701. The molecule has 0 fully saturated rings. The summed E-state index contributed by atoms with van der Waals surface area (Å²) in [6.07, 6.45) is 1.53. The number of nitro groups is 1. The molecule has 142 valence electrons. The van der Waals surface area contributed by atoms with Gasteiger partial charge in [-0.2, -0.15) is 0 Å². The number of hydrogen-bond donors (Lipinski definition) is 1. The van der Waals surface area contributed by atoms with E-state index >= 15 is 0 Å². The number of benzene rings is 2. The Kier molecular flexibility index (Phi) is 5.75. The highest BCUT2D eigenvalue weighted by Crippen LogP contribution is 2.20. The molecule has 1 heterocycles. The Hall–Kier alpha value is -4.01. The van der Waals surface area contributed by atoms with Crippen molar-refractivity contribution in [3.05, 3.63) is 82.4 Å². The molecule has 1 amide bonds. The number of nitrogens with zero attached hydrogens (tertiary/aromatic N) is 2. The lowest BCUT2D eigenvalue weighted by atomic mass is 10.2. The third kappa shape index (κ3) is 4.79. The third-order valence-electron chi connectivity index (χ3n) is 3.68. The monoisotopic (exact) mass is 381 g/mol. The molecular weight excluding hydrogens is 366 g/mol. The van der Waals surface area contributed by atoms with Crippen molar-refractivity contribution in [2.45, 2.75) is 6.61 Å². The van der Waals surface area contributed by atoms with Crippen molar-refractivity contribution in [1.82, 2.24) is 10.3 Å². The Bertz CT molecular complexity index is 1000. The van der Waals surface area contributed by atoms with E-state index in [0.29, 0.717) is 5.76 Å². The zero-order valence-corrected chi connectivity index (χ0v) is 14.5. The Morgan fingerprint density at radius 3 is 2.68 bits per heavy atom. The highest BCUT2D eigenvalue weighted by atomic mass is 16.6. The van der Waals surface area contributed by atoms with Gasteiger partial charge in [-0.05, 0) is 6.07 Å². The van der Waals surface area contributed by atoms with Gasteiger partial charge in [0.05, 0.1) is 11.1 Å². The van der Waals surface area contributed by atoms with Gasteiger partial charge in [-0.15, -0.1) is 0 Å². The standard InChI is InChI=1S/C19H15N3O6/c23-18(11-21-19(24)14-7-4-8-15(9-14)22(25)26)27-12-17-20-10-16(28-17)13-5-2-1-3-6-13/h1-10H,11-12H2,(H,21,24). The highest BCUT2D eigenvalue weighted by molar-refractivity contribution is 5.96. The Labute approximate surface area is 159 Å². The fourth-order valence-electron chi connectivity index (χ4n) is 2.32. The molecule has 9 heteroatoms. The van der Waals surface area contributed by atoms with Crippen LogP contribution in [0.25, 0.3) is 11.3 Å². The van der Waals surface area contributed by atoms with E-state index in [2.05, 4.69) is 10.3 Å². The minimum absolute atomic E-state index is 0.0715. The molecule has 0 atom stereocenters. The van der Waals surface area contributed by atoms with Crippen LogP contribution in [0.15, 0.2) is 65.2 Å². The summed E-state index contributed by atoms with van der Waals surface area (Å²) in [5, 5.41) is 13.1. The predicted molar refractivity (Wildman–Crippen MR) is 97.2 cm³/mol. The van der Waals surface area contributed by atoms with E-state index in [-0.39, 0.29) is 23.7 Å². The second-order valence-corrected chi connectivity index (χ2v) is 5.64. The van der Waals surface area contributed by atoms with Gasteiger partial charge in [0.15, 0.2) is 12.4 Å². The minimum atomic E-state index is -0.696. The minimum Gasteiger partial charge on any atom is -0.454 e. The lowest BCUT2D eigenvalue weighted by Gasteiger charge is -2.05. The van der Waals surface area contributed by atoms with Crippen LogP contribution in [0.5, 0.6) is 0 Å². The fourth-order valence-corrected chi connectivity index (χ4v) is 2.32. The molecule has 9 nitrogen and oxygen atoms in total. The normalized spacial score (nSPS) is 10.3. The van der Waals surface area contributed by atoms with Crippen molar-refractivity contribution in [1.29, 1.82) is 0 Å². The lowest BCUT2D eigenvalue weighted by Crippen LogP contribution is -2.30. The summed E-state index contributed by atoms with van der Waals surface area (Å²) >= 11 is 0. The van der Waals surface area contributed by atoms with Crippen molar-refractivity contribution in [2.75, 3.05) is 6.54 Å². The van der Waals surface area contributed by atoms with Gasteiger partial charge in [-0.25, -0.2) is 4.98 Å². The number of amides is 1. The number of aromatic nitrogens is 1. The number of nitro benzene ring substituents is 1. The molecule has 0 aliphatic carbocycles. The van der Waals surface area contributed by atoms with Crippen LogP contribution in [0.4, 0.5) is 5.69 Å². The number of hydrogen-bond acceptors (Lipinski definition) is 7. The number of non-ortho nitro benzene ring substituents is 1. The molecule has 0 radical (unpaired) electrons. The molecule has 0 aliphatic heterocycles. The fraction of sp³-hybridized carbons (Fsp3) is 0.105. The second-order valence-electron chi connectivity index (χ2n) is 5.64. The number of nitrogens with one attached hydrogen (secondary N) is 1. The zero-order valence-electron chi connectivity index (χ0n) is 14.5. The van der Waals surface area contributed by atoms with E-state index < -0.39 is 23.3 Å². The molecule has 3 aromatic rings. The maximum Gasteiger partial charge on any atom is 0.325 e. The summed E-state index contributed by atoms with van der Waals surface area (Å²) in [5.74, 6) is -0.552. The van der Waals surface area contributed by atoms with E-state index in [1.807, 2.05) is 30.3 Å². The number of carbonyl (C=O) groups is 2. The number of oxazole rings is 1. The average Bonchev–Trinajstić information content (AvgIpc) is 3.20. The van der Waals surface area contributed by atoms with E-state index in [0.717, 1.165) is 11.6 Å². The second kappa shape index (κ2) is 8.58. The Balaban J connectivity index is 1.48. The van der Waals surface area contributed by atoms with Crippen LogP contribution in [-0.4, -0.2) is 28.3 Å². The molecule has 28 heavy (non-hydrogen) atoms. The third-order valence-corrected chi connectivity index (χ3v) is 3.68. The molecule has 2 aromatic carbocycles. The van der Waals surface area contributed by atoms with E-state index in [1.165, 1.54) is 24.4 Å². The number of rotatable bonds is 7. The maximum atomic E-state index is 12.0. The van der Waals surface area contributed by atoms with Crippen LogP contribution in [-0.2, 0) is 16.1 Å². The molecule has 0 aliphatic rings. The highest BCUT2D eigenvalue weighted by Gasteiger charge is 2.14. The summed E-state index contributed by atoms with van der Waals surface area (Å²) in [6, 6.07) is 14.5. The van der Waals surface area contributed by atoms with E-state index in [1.54, 1.807) is 0 Å². The average molecular weight is 381 g/mol. The van der Waals surface area contributed by atoms with Crippen LogP contribution < -0.4 is 5.32 Å². The molecular formula is C19H15N3O6. The topological polar surface area (TPSA) is 125 Å². The van der Waals surface area contributed by atoms with Crippen molar-refractivity contribution in [3.63, 3.8) is 0 Å². The first kappa shape index (κ1) is 18.8. The molecule has 0 saturated carbocycles. The first-order valence-electron chi connectivity index (χ1n) is 8.21. The van der Waals surface area contributed by atoms with Crippen molar-refractivity contribution in [2.24, 2.45) is 0 Å². The predicted octanol–water partition coefficient (Wildman–Crippen LogP) is 2.72. The maximum absolute atomic E-state index is 12.0. The lowest BCUT2D eigenvalue weighted by molar-refractivity contribution is -0.384. The van der Waals surface area contributed by atoms with Gasteiger partial charge in [0.2, 0.25) is 5.89 Å². The molecule has 3 rings (SSSR count). The van der Waals surface area contributed by atoms with Crippen LogP contribution >= 0.6 is 0 Å². The number of carbonyl (C=O) groups excluding carboxylic acids is 2. The SMILES string of the molecule is O=C(CNC(=O)c1cccc([N+](=O)[O-])c1)OCc1ncc(-c2ccccc2)o1. The summed E-state index contributed by atoms with van der Waals surface area (Å²) in [7, 11) is 0. The molecule has 1 aromatic heterocycles. The van der Waals surface area contributed by atoms with Gasteiger partial charge in [-0.3, -0.25) is 19.7 Å². The molecule has 0 unspecified atom stereocenters. The van der Waals surface area contributed by atoms with Gasteiger partial charge in [0.25, 0.3) is 11.6 Å². The van der Waals surface area contributed by atoms with Gasteiger partial charge >= 0.3 is 5.97 Å². The Morgan fingerprint density at radius 2 is 1.93 bits per heavy atom. The largest absolute Gasteiger partial charge is 0.454 e. The van der Waals surface area contributed by atoms with Crippen LogP contribution in [0.2, 0.25) is 0 Å². The molecule has 1 N–H and O–H groups in total. The van der Waals surface area contributed by atoms with Crippen LogP contribution in [0, 0.1) is 10.1 Å². The zero-order chi connectivity index (χ0) is 19.9. The van der Waals surface area contributed by atoms with Crippen LogP contribution in [0.1, 0.15) is 16.2 Å². The van der Waals surface area contributed by atoms with Crippen molar-refractivity contribution in [3.8, 4) is 11.3 Å². The van der Waals surface area contributed by atoms with Crippen LogP contribution in [0.3, 0.4) is 0 Å².